The van der Waals surface area contributed by atoms with Crippen molar-refractivity contribution in [2.75, 3.05) is 40.3 Å². The highest BCUT2D eigenvalue weighted by Crippen LogP contribution is 2.29. The fourth-order valence-electron chi connectivity index (χ4n) is 4.34. The van der Waals surface area contributed by atoms with Crippen LogP contribution in [-0.2, 0) is 6.54 Å². The number of aromatic nitrogens is 1. The number of hydrogen-bond acceptors (Lipinski definition) is 5. The van der Waals surface area contributed by atoms with Gasteiger partial charge in [0.05, 0.1) is 6.20 Å². The minimum absolute atomic E-state index is 0.0832. The van der Waals surface area contributed by atoms with Crippen LogP contribution in [0.5, 0.6) is 11.5 Å². The molecule has 0 N–H and O–H groups in total. The largest absolute Gasteiger partial charge is 0.455 e. The summed E-state index contributed by atoms with van der Waals surface area (Å²) < 4.78 is 6.20. The van der Waals surface area contributed by atoms with Gasteiger partial charge >= 0.3 is 0 Å². The van der Waals surface area contributed by atoms with Crippen molar-refractivity contribution >= 4 is 5.91 Å². The lowest BCUT2D eigenvalue weighted by atomic mass is 10.1. The number of rotatable bonds is 6. The van der Waals surface area contributed by atoms with Crippen molar-refractivity contribution in [2.24, 2.45) is 0 Å². The second-order valence-electron chi connectivity index (χ2n) is 8.61. The Hall–Kier alpha value is -2.44. The molecule has 1 aromatic carbocycles. The first-order valence-corrected chi connectivity index (χ1v) is 11.0. The summed E-state index contributed by atoms with van der Waals surface area (Å²) in [7, 11) is 4.15. The molecule has 0 saturated carbocycles. The number of carbonyl (C=O) groups excluding carboxylic acids is 1. The summed E-state index contributed by atoms with van der Waals surface area (Å²) in [5.41, 5.74) is 1.81. The second kappa shape index (κ2) is 9.58. The minimum Gasteiger partial charge on any atom is -0.455 e. The Labute approximate surface area is 179 Å². The molecule has 30 heavy (non-hydrogen) atoms. The van der Waals surface area contributed by atoms with Crippen LogP contribution in [0.3, 0.4) is 0 Å². The zero-order valence-corrected chi connectivity index (χ0v) is 18.1. The Morgan fingerprint density at radius 1 is 1.17 bits per heavy atom. The first-order valence-electron chi connectivity index (χ1n) is 11.0. The van der Waals surface area contributed by atoms with Crippen LogP contribution in [0.15, 0.2) is 42.7 Å². The molecule has 2 fully saturated rings. The molecule has 4 rings (SSSR count). The number of hydrogen-bond donors (Lipinski definition) is 0. The van der Waals surface area contributed by atoms with Crippen molar-refractivity contribution in [1.82, 2.24) is 19.7 Å². The molecule has 0 radical (unpaired) electrons. The van der Waals surface area contributed by atoms with Gasteiger partial charge in [0.2, 0.25) is 0 Å². The third kappa shape index (κ3) is 4.99. The van der Waals surface area contributed by atoms with E-state index in [1.807, 2.05) is 29.2 Å². The lowest BCUT2D eigenvalue weighted by Crippen LogP contribution is -2.34. The van der Waals surface area contributed by atoms with Crippen molar-refractivity contribution in [2.45, 2.75) is 38.3 Å². The number of likely N-dealkylation sites (tertiary alicyclic amines) is 2. The number of amides is 1. The summed E-state index contributed by atoms with van der Waals surface area (Å²) in [5.74, 6) is 1.53. The molecule has 6 heteroatoms. The zero-order valence-electron chi connectivity index (χ0n) is 18.1. The highest BCUT2D eigenvalue weighted by atomic mass is 16.5. The van der Waals surface area contributed by atoms with Crippen LogP contribution in [0.25, 0.3) is 0 Å². The lowest BCUT2D eigenvalue weighted by Gasteiger charge is -2.27. The molecule has 0 aliphatic carbocycles. The predicted molar refractivity (Wildman–Crippen MR) is 118 cm³/mol. The minimum atomic E-state index is 0.0832. The first-order chi connectivity index (χ1) is 14.6. The number of piperidine rings is 1. The summed E-state index contributed by atoms with van der Waals surface area (Å²) in [6, 6.07) is 10.1. The van der Waals surface area contributed by atoms with E-state index in [4.69, 9.17) is 4.74 Å². The van der Waals surface area contributed by atoms with Gasteiger partial charge in [-0.2, -0.15) is 0 Å². The van der Waals surface area contributed by atoms with E-state index in [9.17, 15) is 4.79 Å². The maximum absolute atomic E-state index is 13.2. The third-order valence-corrected chi connectivity index (χ3v) is 6.20. The summed E-state index contributed by atoms with van der Waals surface area (Å²) in [5, 5.41) is 0. The molecule has 160 valence electrons. The third-order valence-electron chi connectivity index (χ3n) is 6.20. The number of benzene rings is 1. The second-order valence-corrected chi connectivity index (χ2v) is 8.61. The summed E-state index contributed by atoms with van der Waals surface area (Å²) >= 11 is 0. The van der Waals surface area contributed by atoms with Gasteiger partial charge in [0, 0.05) is 43.0 Å². The standard InChI is InChI=1S/C24H32N4O2/c1-26(2)21-10-14-28(18-21)24(29)19-8-9-20(17-27-12-4-3-5-13-27)23(15-19)30-22-7-6-11-25-16-22/h6-9,11,15-16,21H,3-5,10,12-14,17-18H2,1-2H3. The Morgan fingerprint density at radius 3 is 2.70 bits per heavy atom. The molecular weight excluding hydrogens is 376 g/mol. The zero-order chi connectivity index (χ0) is 20.9. The molecule has 0 bridgehead atoms. The van der Waals surface area contributed by atoms with Gasteiger partial charge in [0.1, 0.15) is 11.5 Å². The van der Waals surface area contributed by atoms with Crippen LogP contribution in [0, 0.1) is 0 Å². The lowest BCUT2D eigenvalue weighted by molar-refractivity contribution is 0.0782. The highest BCUT2D eigenvalue weighted by Gasteiger charge is 2.28. The molecule has 2 aliphatic rings. The van der Waals surface area contributed by atoms with E-state index in [0.29, 0.717) is 17.4 Å². The average molecular weight is 409 g/mol. The van der Waals surface area contributed by atoms with E-state index in [1.54, 1.807) is 12.4 Å². The quantitative estimate of drug-likeness (QED) is 0.730. The molecule has 1 atom stereocenters. The van der Waals surface area contributed by atoms with Crippen LogP contribution in [-0.4, -0.2) is 71.9 Å². The highest BCUT2D eigenvalue weighted by molar-refractivity contribution is 5.95. The average Bonchev–Trinajstić information content (AvgIpc) is 3.27. The molecular formula is C24H32N4O2. The molecule has 2 saturated heterocycles. The van der Waals surface area contributed by atoms with Crippen molar-refractivity contribution in [3.63, 3.8) is 0 Å². The smallest absolute Gasteiger partial charge is 0.254 e. The number of likely N-dealkylation sites (N-methyl/N-ethyl adjacent to an activating group) is 1. The van der Waals surface area contributed by atoms with Crippen molar-refractivity contribution in [1.29, 1.82) is 0 Å². The van der Waals surface area contributed by atoms with E-state index in [2.05, 4.69) is 34.9 Å². The Kier molecular flexibility index (Phi) is 6.65. The van der Waals surface area contributed by atoms with Crippen molar-refractivity contribution in [3.05, 3.63) is 53.9 Å². The van der Waals surface area contributed by atoms with Crippen LogP contribution in [0.4, 0.5) is 0 Å². The fourth-order valence-corrected chi connectivity index (χ4v) is 4.34. The molecule has 3 heterocycles. The molecule has 2 aliphatic heterocycles. The van der Waals surface area contributed by atoms with Gasteiger partial charge in [-0.15, -0.1) is 0 Å². The van der Waals surface area contributed by atoms with E-state index in [1.165, 1.54) is 19.3 Å². The fraction of sp³-hybridized carbons (Fsp3) is 0.500. The SMILES string of the molecule is CN(C)C1CCN(C(=O)c2ccc(CN3CCCCC3)c(Oc3cccnc3)c2)C1. The Bertz CT molecular complexity index is 850. The maximum Gasteiger partial charge on any atom is 0.254 e. The van der Waals surface area contributed by atoms with Crippen LogP contribution in [0.1, 0.15) is 41.6 Å². The van der Waals surface area contributed by atoms with E-state index >= 15 is 0 Å². The molecule has 6 nitrogen and oxygen atoms in total. The number of nitrogens with zero attached hydrogens (tertiary/aromatic N) is 4. The predicted octanol–water partition coefficient (Wildman–Crippen LogP) is 3.64. The van der Waals surface area contributed by atoms with Gasteiger partial charge in [-0.05, 0) is 70.7 Å². The van der Waals surface area contributed by atoms with Gasteiger partial charge in [-0.25, -0.2) is 0 Å². The maximum atomic E-state index is 13.2. The topological polar surface area (TPSA) is 48.9 Å². The van der Waals surface area contributed by atoms with E-state index < -0.39 is 0 Å². The Balaban J connectivity index is 1.56. The first kappa shape index (κ1) is 20.8. The van der Waals surface area contributed by atoms with Gasteiger partial charge < -0.3 is 14.5 Å². The van der Waals surface area contributed by atoms with Gasteiger partial charge in [-0.1, -0.05) is 12.5 Å². The van der Waals surface area contributed by atoms with Crippen molar-refractivity contribution in [3.8, 4) is 11.5 Å². The van der Waals surface area contributed by atoms with Crippen LogP contribution < -0.4 is 4.74 Å². The number of ether oxygens (including phenoxy) is 1. The molecule has 0 spiro atoms. The summed E-state index contributed by atoms with van der Waals surface area (Å²) in [6.45, 7) is 4.66. The van der Waals surface area contributed by atoms with E-state index in [-0.39, 0.29) is 5.91 Å². The van der Waals surface area contributed by atoms with Gasteiger partial charge in [-0.3, -0.25) is 14.7 Å². The monoisotopic (exact) mass is 408 g/mol. The van der Waals surface area contributed by atoms with Gasteiger partial charge in [0.15, 0.2) is 0 Å². The van der Waals surface area contributed by atoms with Crippen LogP contribution in [0.2, 0.25) is 0 Å². The molecule has 1 unspecified atom stereocenters. The number of carbonyl (C=O) groups is 1. The normalized spacial score (nSPS) is 20.0. The van der Waals surface area contributed by atoms with Crippen molar-refractivity contribution < 1.29 is 9.53 Å². The summed E-state index contributed by atoms with van der Waals surface area (Å²) in [4.78, 5) is 23.9. The van der Waals surface area contributed by atoms with E-state index in [0.717, 1.165) is 50.5 Å². The van der Waals surface area contributed by atoms with Crippen LogP contribution >= 0.6 is 0 Å². The number of pyridine rings is 1. The van der Waals surface area contributed by atoms with Gasteiger partial charge in [0.25, 0.3) is 5.91 Å². The molecule has 1 amide bonds. The summed E-state index contributed by atoms with van der Waals surface area (Å²) in [6.07, 6.45) is 8.27. The Morgan fingerprint density at radius 2 is 2.00 bits per heavy atom. The molecule has 1 aromatic heterocycles. The molecule has 2 aromatic rings.